The fraction of sp³-hybridized carbons (Fsp3) is 0.308. The second-order valence-electron chi connectivity index (χ2n) is 9.54. The van der Waals surface area contributed by atoms with Crippen molar-refractivity contribution in [1.82, 2.24) is 19.2 Å². The second kappa shape index (κ2) is 9.64. The number of benzene rings is 2. The smallest absolute Gasteiger partial charge is 0.341 e. The van der Waals surface area contributed by atoms with Crippen LogP contribution in [0.25, 0.3) is 22.4 Å². The Morgan fingerprint density at radius 2 is 1.92 bits per heavy atom. The van der Waals surface area contributed by atoms with Crippen LogP contribution in [-0.4, -0.2) is 56.5 Å². The lowest BCUT2D eigenvalue weighted by atomic mass is 10.1. The maximum Gasteiger partial charge on any atom is 0.341 e. The number of carbonyl (C=O) groups is 1. The lowest BCUT2D eigenvalue weighted by Gasteiger charge is -2.36. The molecule has 6 rings (SSSR count). The van der Waals surface area contributed by atoms with Gasteiger partial charge in [-0.1, -0.05) is 23.7 Å². The first-order valence-corrected chi connectivity index (χ1v) is 13.0. The summed E-state index contributed by atoms with van der Waals surface area (Å²) < 4.78 is 24.3. The molecule has 38 heavy (non-hydrogen) atoms. The summed E-state index contributed by atoms with van der Waals surface area (Å²) >= 11 is 11.6. The number of piperazine rings is 1. The molecule has 1 saturated carbocycles. The first-order chi connectivity index (χ1) is 18.3. The number of fused-ring (bicyclic) bond motifs is 1. The molecule has 9 nitrogen and oxygen atoms in total. The Balaban J connectivity index is 1.22. The van der Waals surface area contributed by atoms with Crippen molar-refractivity contribution in [2.24, 2.45) is 0 Å². The van der Waals surface area contributed by atoms with Gasteiger partial charge in [0.05, 0.1) is 28.5 Å². The van der Waals surface area contributed by atoms with E-state index in [1.165, 1.54) is 12.3 Å². The van der Waals surface area contributed by atoms with E-state index in [9.17, 15) is 14.7 Å². The van der Waals surface area contributed by atoms with Crippen LogP contribution in [0.1, 0.15) is 29.2 Å². The zero-order chi connectivity index (χ0) is 26.6. The molecule has 4 aromatic rings. The maximum absolute atomic E-state index is 15.3. The summed E-state index contributed by atoms with van der Waals surface area (Å²) in [7, 11) is 0. The number of pyridine rings is 1. The zero-order valence-electron chi connectivity index (χ0n) is 20.1. The van der Waals surface area contributed by atoms with Crippen LogP contribution in [0.2, 0.25) is 5.02 Å². The normalized spacial score (nSPS) is 16.3. The van der Waals surface area contributed by atoms with Crippen LogP contribution in [0.4, 0.5) is 10.1 Å². The first-order valence-electron chi connectivity index (χ1n) is 12.2. The molecule has 0 spiro atoms. The van der Waals surface area contributed by atoms with Crippen molar-refractivity contribution < 1.29 is 18.7 Å². The summed E-state index contributed by atoms with van der Waals surface area (Å²) in [5.74, 6) is -1.50. The Hall–Kier alpha value is -3.54. The minimum atomic E-state index is -1.31. The van der Waals surface area contributed by atoms with Crippen LogP contribution in [0.15, 0.2) is 51.8 Å². The summed E-state index contributed by atoms with van der Waals surface area (Å²) in [6, 6.07) is 10.2. The van der Waals surface area contributed by atoms with E-state index in [1.54, 1.807) is 16.8 Å². The van der Waals surface area contributed by atoms with Crippen molar-refractivity contribution in [1.29, 1.82) is 0 Å². The van der Waals surface area contributed by atoms with Gasteiger partial charge in [-0.05, 0) is 49.3 Å². The van der Waals surface area contributed by atoms with Crippen molar-refractivity contribution >= 4 is 46.4 Å². The van der Waals surface area contributed by atoms with E-state index in [1.807, 2.05) is 27.7 Å². The largest absolute Gasteiger partial charge is 0.477 e. The third kappa shape index (κ3) is 4.50. The SMILES string of the molecule is O=C(O)c1cn(C2CC2)c2cc(N3CCN(Cn4nc(-c5ccccc5Cl)oc4=S)CC3)c(F)cc2c1=O. The summed E-state index contributed by atoms with van der Waals surface area (Å²) in [6.07, 6.45) is 3.18. The molecule has 196 valence electrons. The second-order valence-corrected chi connectivity index (χ2v) is 10.3. The molecule has 2 aliphatic rings. The van der Waals surface area contributed by atoms with Gasteiger partial charge in [0, 0.05) is 43.8 Å². The van der Waals surface area contributed by atoms with E-state index < -0.39 is 17.2 Å². The molecule has 0 radical (unpaired) electrons. The maximum atomic E-state index is 15.3. The average molecular weight is 556 g/mol. The number of hydrogen-bond acceptors (Lipinski definition) is 7. The molecule has 1 saturated heterocycles. The van der Waals surface area contributed by atoms with E-state index >= 15 is 4.39 Å². The molecule has 12 heteroatoms. The number of anilines is 1. The Morgan fingerprint density at radius 3 is 2.61 bits per heavy atom. The van der Waals surface area contributed by atoms with Crippen LogP contribution in [0.5, 0.6) is 0 Å². The number of carboxylic acid groups (broad SMARTS) is 1. The number of carboxylic acids is 1. The molecule has 2 aromatic heterocycles. The fourth-order valence-corrected chi connectivity index (χ4v) is 5.26. The molecular weight excluding hydrogens is 533 g/mol. The van der Waals surface area contributed by atoms with E-state index in [-0.39, 0.29) is 21.8 Å². The molecule has 1 aliphatic carbocycles. The predicted molar refractivity (Wildman–Crippen MR) is 143 cm³/mol. The number of hydrogen-bond donors (Lipinski definition) is 1. The van der Waals surface area contributed by atoms with E-state index in [0.717, 1.165) is 12.8 Å². The van der Waals surface area contributed by atoms with Crippen molar-refractivity contribution in [3.8, 4) is 11.5 Å². The Morgan fingerprint density at radius 1 is 1.18 bits per heavy atom. The van der Waals surface area contributed by atoms with Gasteiger partial charge in [-0.3, -0.25) is 9.69 Å². The topological polar surface area (TPSA) is 96.7 Å². The number of aromatic carboxylic acids is 1. The summed E-state index contributed by atoms with van der Waals surface area (Å²) in [5, 5.41) is 14.6. The molecule has 0 amide bonds. The highest BCUT2D eigenvalue weighted by Gasteiger charge is 2.28. The molecule has 1 aliphatic heterocycles. The highest BCUT2D eigenvalue weighted by Crippen LogP contribution is 2.38. The minimum Gasteiger partial charge on any atom is -0.477 e. The standard InChI is InChI=1S/C26H23ClFN5O4S/c27-19-4-2-1-3-16(19)24-29-33(26(38)37-24)14-30-7-9-31(10-8-30)22-12-21-17(11-20(22)28)23(34)18(25(35)36)13-32(21)15-5-6-15/h1-4,11-13,15H,5-10,14H2,(H,35,36). The van der Waals surface area contributed by atoms with Crippen molar-refractivity contribution in [2.45, 2.75) is 25.6 Å². The van der Waals surface area contributed by atoms with E-state index in [4.69, 9.17) is 28.2 Å². The molecular formula is C26H23ClFN5O4S. The lowest BCUT2D eigenvalue weighted by Crippen LogP contribution is -2.47. The summed E-state index contributed by atoms with van der Waals surface area (Å²) in [6.45, 7) is 2.76. The van der Waals surface area contributed by atoms with Gasteiger partial charge in [0.25, 0.3) is 4.84 Å². The molecule has 3 heterocycles. The molecule has 2 aromatic carbocycles. The summed E-state index contributed by atoms with van der Waals surface area (Å²) in [5.41, 5.74) is 0.612. The third-order valence-electron chi connectivity index (χ3n) is 7.03. The highest BCUT2D eigenvalue weighted by atomic mass is 35.5. The van der Waals surface area contributed by atoms with Crippen LogP contribution in [0, 0.1) is 10.7 Å². The van der Waals surface area contributed by atoms with Gasteiger partial charge in [0.1, 0.15) is 11.4 Å². The first kappa shape index (κ1) is 24.8. The van der Waals surface area contributed by atoms with Gasteiger partial charge in [0.15, 0.2) is 0 Å². The lowest BCUT2D eigenvalue weighted by molar-refractivity contribution is 0.0695. The van der Waals surface area contributed by atoms with Crippen molar-refractivity contribution in [3.63, 3.8) is 0 Å². The van der Waals surface area contributed by atoms with Crippen LogP contribution >= 0.6 is 23.8 Å². The molecule has 0 bridgehead atoms. The van der Waals surface area contributed by atoms with Gasteiger partial charge < -0.3 is 19.0 Å². The van der Waals surface area contributed by atoms with Gasteiger partial charge in [-0.15, -0.1) is 5.10 Å². The van der Waals surface area contributed by atoms with Crippen LogP contribution in [0.3, 0.4) is 0 Å². The van der Waals surface area contributed by atoms with Gasteiger partial charge in [-0.2, -0.15) is 0 Å². The Bertz CT molecular complexity index is 1690. The van der Waals surface area contributed by atoms with Gasteiger partial charge in [-0.25, -0.2) is 13.9 Å². The summed E-state index contributed by atoms with van der Waals surface area (Å²) in [4.78, 5) is 28.7. The molecule has 0 atom stereocenters. The number of rotatable bonds is 6. The number of nitrogens with zero attached hydrogens (tertiary/aromatic N) is 5. The molecule has 0 unspecified atom stereocenters. The number of halogens is 2. The van der Waals surface area contributed by atoms with Crippen LogP contribution in [-0.2, 0) is 6.67 Å². The fourth-order valence-electron chi connectivity index (χ4n) is 4.87. The van der Waals surface area contributed by atoms with Crippen LogP contribution < -0.4 is 10.3 Å². The van der Waals surface area contributed by atoms with Crippen molar-refractivity contribution in [2.75, 3.05) is 31.1 Å². The Labute approximate surface area is 226 Å². The minimum absolute atomic E-state index is 0.0893. The molecule has 1 N–H and O–H groups in total. The van der Waals surface area contributed by atoms with Gasteiger partial charge >= 0.3 is 5.97 Å². The molecule has 2 fully saturated rings. The average Bonchev–Trinajstić information content (AvgIpc) is 3.68. The third-order valence-corrected chi connectivity index (χ3v) is 7.65. The number of aromatic nitrogens is 3. The highest BCUT2D eigenvalue weighted by molar-refractivity contribution is 7.71. The van der Waals surface area contributed by atoms with Crippen molar-refractivity contribution in [3.05, 3.63) is 74.1 Å². The monoisotopic (exact) mass is 555 g/mol. The quantitative estimate of drug-likeness (QED) is 0.339. The Kier molecular flexibility index (Phi) is 6.29. The predicted octanol–water partition coefficient (Wildman–Crippen LogP) is 4.79. The zero-order valence-corrected chi connectivity index (χ0v) is 21.7. The van der Waals surface area contributed by atoms with Gasteiger partial charge in [0.2, 0.25) is 11.3 Å². The van der Waals surface area contributed by atoms with E-state index in [2.05, 4.69) is 10.00 Å². The van der Waals surface area contributed by atoms with E-state index in [0.29, 0.717) is 60.5 Å².